The van der Waals surface area contributed by atoms with Crippen LogP contribution < -0.4 is 14.8 Å². The second-order valence-corrected chi connectivity index (χ2v) is 6.21. The Hall–Kier alpha value is -2.05. The summed E-state index contributed by atoms with van der Waals surface area (Å²) >= 11 is 0. The van der Waals surface area contributed by atoms with Crippen molar-refractivity contribution in [3.8, 4) is 5.75 Å². The highest BCUT2D eigenvalue weighted by Crippen LogP contribution is 2.15. The molecule has 0 saturated carbocycles. The van der Waals surface area contributed by atoms with E-state index in [0.717, 1.165) is 17.0 Å². The number of methoxy groups -OCH3 is 1. The second-order valence-electron chi connectivity index (χ2n) is 4.45. The zero-order valence-corrected chi connectivity index (χ0v) is 12.8. The van der Waals surface area contributed by atoms with Crippen molar-refractivity contribution in [1.29, 1.82) is 0 Å². The molecule has 2 N–H and O–H groups in total. The van der Waals surface area contributed by atoms with Crippen LogP contribution in [0.3, 0.4) is 0 Å². The Bertz CT molecular complexity index is 680. The van der Waals surface area contributed by atoms with Crippen molar-refractivity contribution in [3.05, 3.63) is 54.1 Å². The van der Waals surface area contributed by atoms with Gasteiger partial charge in [0.05, 0.1) is 12.0 Å². The monoisotopic (exact) mass is 306 g/mol. The minimum atomic E-state index is -3.51. The smallest absolute Gasteiger partial charge is 0.240 e. The lowest BCUT2D eigenvalue weighted by atomic mass is 10.2. The fraction of sp³-hybridized carbons (Fsp3) is 0.200. The molecule has 2 aromatic carbocycles. The molecule has 0 aliphatic rings. The Morgan fingerprint density at radius 3 is 2.14 bits per heavy atom. The highest BCUT2D eigenvalue weighted by Gasteiger charge is 2.13. The lowest BCUT2D eigenvalue weighted by Gasteiger charge is -2.08. The molecule has 0 aromatic heterocycles. The maximum absolute atomic E-state index is 12.2. The van der Waals surface area contributed by atoms with Gasteiger partial charge in [0.15, 0.2) is 0 Å². The summed E-state index contributed by atoms with van der Waals surface area (Å²) in [7, 11) is -0.135. The SMILES string of the molecule is CNc1ccc(S(=O)(=O)NCc2ccc(OC)cc2)cc1. The second kappa shape index (κ2) is 6.60. The van der Waals surface area contributed by atoms with Crippen LogP contribution in [0.5, 0.6) is 5.75 Å². The zero-order valence-electron chi connectivity index (χ0n) is 12.0. The van der Waals surface area contributed by atoms with E-state index in [4.69, 9.17) is 4.74 Å². The fourth-order valence-corrected chi connectivity index (χ4v) is 2.82. The molecule has 5 nitrogen and oxygen atoms in total. The first kappa shape index (κ1) is 15.3. The van der Waals surface area contributed by atoms with Crippen molar-refractivity contribution in [3.63, 3.8) is 0 Å². The predicted molar refractivity (Wildman–Crippen MR) is 83.0 cm³/mol. The normalized spacial score (nSPS) is 11.1. The van der Waals surface area contributed by atoms with Crippen LogP contribution in [0.4, 0.5) is 5.69 Å². The molecule has 0 unspecified atom stereocenters. The van der Waals surface area contributed by atoms with E-state index in [1.54, 1.807) is 50.6 Å². The molecule has 2 aromatic rings. The molecular weight excluding hydrogens is 288 g/mol. The molecule has 0 saturated heterocycles. The van der Waals surface area contributed by atoms with Gasteiger partial charge in [0, 0.05) is 19.3 Å². The number of hydrogen-bond acceptors (Lipinski definition) is 4. The van der Waals surface area contributed by atoms with Crippen molar-refractivity contribution in [2.75, 3.05) is 19.5 Å². The first-order chi connectivity index (χ1) is 10.0. The Balaban J connectivity index is 2.05. The van der Waals surface area contributed by atoms with Crippen molar-refractivity contribution in [2.24, 2.45) is 0 Å². The maximum atomic E-state index is 12.2. The van der Waals surface area contributed by atoms with Gasteiger partial charge in [0.25, 0.3) is 0 Å². The Labute approximate surface area is 125 Å². The van der Waals surface area contributed by atoms with Crippen molar-refractivity contribution in [2.45, 2.75) is 11.4 Å². The number of ether oxygens (including phenoxy) is 1. The van der Waals surface area contributed by atoms with E-state index in [1.807, 2.05) is 12.1 Å². The van der Waals surface area contributed by atoms with Gasteiger partial charge in [-0.2, -0.15) is 0 Å². The lowest BCUT2D eigenvalue weighted by Crippen LogP contribution is -2.23. The standard InChI is InChI=1S/C15H18N2O3S/c1-16-13-5-9-15(10-6-13)21(18,19)17-11-12-3-7-14(20-2)8-4-12/h3-10,16-17H,11H2,1-2H3. The van der Waals surface area contributed by atoms with Gasteiger partial charge in [-0.15, -0.1) is 0 Å². The average molecular weight is 306 g/mol. The van der Waals surface area contributed by atoms with E-state index in [9.17, 15) is 8.42 Å². The van der Waals surface area contributed by atoms with Gasteiger partial charge in [-0.05, 0) is 42.0 Å². The summed E-state index contributed by atoms with van der Waals surface area (Å²) in [5.41, 5.74) is 1.73. The fourth-order valence-electron chi connectivity index (χ4n) is 1.81. The molecule has 0 spiro atoms. The minimum Gasteiger partial charge on any atom is -0.497 e. The number of hydrogen-bond donors (Lipinski definition) is 2. The van der Waals surface area contributed by atoms with E-state index in [-0.39, 0.29) is 11.4 Å². The predicted octanol–water partition coefficient (Wildman–Crippen LogP) is 2.22. The van der Waals surface area contributed by atoms with Crippen molar-refractivity contribution < 1.29 is 13.2 Å². The van der Waals surface area contributed by atoms with Gasteiger partial charge in [0.1, 0.15) is 5.75 Å². The quantitative estimate of drug-likeness (QED) is 0.858. The van der Waals surface area contributed by atoms with Crippen LogP contribution in [0.2, 0.25) is 0 Å². The molecule has 21 heavy (non-hydrogen) atoms. The van der Waals surface area contributed by atoms with Gasteiger partial charge >= 0.3 is 0 Å². The molecule has 0 fully saturated rings. The molecule has 0 heterocycles. The van der Waals surface area contributed by atoms with E-state index < -0.39 is 10.0 Å². The molecule has 0 radical (unpaired) electrons. The first-order valence-corrected chi connectivity index (χ1v) is 7.94. The van der Waals surface area contributed by atoms with Crippen molar-refractivity contribution >= 4 is 15.7 Å². The molecule has 112 valence electrons. The topological polar surface area (TPSA) is 67.4 Å². The number of nitrogens with one attached hydrogen (secondary N) is 2. The molecule has 6 heteroatoms. The van der Waals surface area contributed by atoms with Crippen LogP contribution >= 0.6 is 0 Å². The molecule has 0 amide bonds. The lowest BCUT2D eigenvalue weighted by molar-refractivity contribution is 0.414. The third kappa shape index (κ3) is 3.96. The molecule has 0 bridgehead atoms. The summed E-state index contributed by atoms with van der Waals surface area (Å²) in [6.45, 7) is 0.236. The number of rotatable bonds is 6. The van der Waals surface area contributed by atoms with Crippen LogP contribution in [0.25, 0.3) is 0 Å². The van der Waals surface area contributed by atoms with Gasteiger partial charge in [-0.25, -0.2) is 13.1 Å². The van der Waals surface area contributed by atoms with Gasteiger partial charge in [-0.3, -0.25) is 0 Å². The van der Waals surface area contributed by atoms with Gasteiger partial charge < -0.3 is 10.1 Å². The van der Waals surface area contributed by atoms with Crippen LogP contribution in [0.1, 0.15) is 5.56 Å². The highest BCUT2D eigenvalue weighted by molar-refractivity contribution is 7.89. The van der Waals surface area contributed by atoms with Crippen LogP contribution in [-0.2, 0) is 16.6 Å². The van der Waals surface area contributed by atoms with E-state index in [2.05, 4.69) is 10.0 Å². The molecule has 0 atom stereocenters. The molecule has 0 aliphatic carbocycles. The maximum Gasteiger partial charge on any atom is 0.240 e. The van der Waals surface area contributed by atoms with Crippen LogP contribution in [0.15, 0.2) is 53.4 Å². The highest BCUT2D eigenvalue weighted by atomic mass is 32.2. The summed E-state index contributed by atoms with van der Waals surface area (Å²) in [4.78, 5) is 0.245. The summed E-state index contributed by atoms with van der Waals surface area (Å²) < 4.78 is 32.0. The van der Waals surface area contributed by atoms with E-state index in [1.165, 1.54) is 0 Å². The molecule has 0 aliphatic heterocycles. The van der Waals surface area contributed by atoms with Crippen LogP contribution in [0, 0.1) is 0 Å². The Morgan fingerprint density at radius 1 is 1.00 bits per heavy atom. The minimum absolute atomic E-state index is 0.236. The Morgan fingerprint density at radius 2 is 1.62 bits per heavy atom. The van der Waals surface area contributed by atoms with Crippen molar-refractivity contribution in [1.82, 2.24) is 4.72 Å². The summed E-state index contributed by atoms with van der Waals surface area (Å²) in [6, 6.07) is 13.8. The van der Waals surface area contributed by atoms with E-state index >= 15 is 0 Å². The zero-order chi connectivity index (χ0) is 15.3. The summed E-state index contributed by atoms with van der Waals surface area (Å²) in [5, 5.41) is 2.95. The molecule has 2 rings (SSSR count). The first-order valence-electron chi connectivity index (χ1n) is 6.45. The number of anilines is 1. The third-order valence-electron chi connectivity index (χ3n) is 3.08. The van der Waals surface area contributed by atoms with E-state index in [0.29, 0.717) is 0 Å². The van der Waals surface area contributed by atoms with Gasteiger partial charge in [-0.1, -0.05) is 12.1 Å². The molecular formula is C15H18N2O3S. The third-order valence-corrected chi connectivity index (χ3v) is 4.50. The van der Waals surface area contributed by atoms with Crippen LogP contribution in [-0.4, -0.2) is 22.6 Å². The summed E-state index contributed by atoms with van der Waals surface area (Å²) in [5.74, 6) is 0.740. The van der Waals surface area contributed by atoms with Gasteiger partial charge in [0.2, 0.25) is 10.0 Å². The summed E-state index contributed by atoms with van der Waals surface area (Å²) in [6.07, 6.45) is 0. The number of benzene rings is 2. The largest absolute Gasteiger partial charge is 0.497 e. The average Bonchev–Trinajstić information content (AvgIpc) is 2.53. The number of sulfonamides is 1. The Kier molecular flexibility index (Phi) is 4.82.